The number of aromatic nitrogens is 3. The lowest BCUT2D eigenvalue weighted by Gasteiger charge is -2.20. The Balaban J connectivity index is 1.56. The van der Waals surface area contributed by atoms with Crippen molar-refractivity contribution in [2.24, 2.45) is 24.8 Å². The van der Waals surface area contributed by atoms with E-state index in [2.05, 4.69) is 15.4 Å². The molecule has 3 rings (SSSR count). The smallest absolute Gasteiger partial charge is 0.248 e. The minimum atomic E-state index is 0.0748. The van der Waals surface area contributed by atoms with Crippen molar-refractivity contribution < 1.29 is 4.79 Å². The molecule has 0 radical (unpaired) electrons. The number of fused-ring (bicyclic) bond motifs is 2. The van der Waals surface area contributed by atoms with Crippen molar-refractivity contribution in [1.29, 1.82) is 0 Å². The van der Waals surface area contributed by atoms with Crippen LogP contribution in [0, 0.1) is 17.8 Å². The lowest BCUT2D eigenvalue weighted by Crippen LogP contribution is -2.20. The van der Waals surface area contributed by atoms with E-state index < -0.39 is 0 Å². The molecule has 1 heterocycles. The van der Waals surface area contributed by atoms with Crippen LogP contribution in [0.25, 0.3) is 0 Å². The van der Waals surface area contributed by atoms with Crippen molar-refractivity contribution in [1.82, 2.24) is 14.8 Å². The van der Waals surface area contributed by atoms with Crippen LogP contribution in [0.1, 0.15) is 44.9 Å². The molecule has 0 aliphatic heterocycles. The summed E-state index contributed by atoms with van der Waals surface area (Å²) < 4.78 is 1.73. The molecule has 5 nitrogen and oxygen atoms in total. The molecule has 19 heavy (non-hydrogen) atoms. The highest BCUT2D eigenvalue weighted by Crippen LogP contribution is 2.49. The van der Waals surface area contributed by atoms with Gasteiger partial charge in [0.05, 0.1) is 0 Å². The van der Waals surface area contributed by atoms with E-state index in [0.717, 1.165) is 24.1 Å². The van der Waals surface area contributed by atoms with Crippen LogP contribution in [0.15, 0.2) is 0 Å². The molecule has 2 fully saturated rings. The summed E-state index contributed by atoms with van der Waals surface area (Å²) in [6, 6.07) is 0. The second-order valence-electron chi connectivity index (χ2n) is 6.02. The number of hydrogen-bond donors (Lipinski definition) is 1. The number of nitrogens with one attached hydrogen (secondary N) is 1. The minimum absolute atomic E-state index is 0.0748. The largest absolute Gasteiger partial charge is 0.293 e. The molecule has 2 bridgehead atoms. The number of rotatable bonds is 4. The summed E-state index contributed by atoms with van der Waals surface area (Å²) >= 11 is 0. The third kappa shape index (κ3) is 2.51. The Morgan fingerprint density at radius 2 is 2.26 bits per heavy atom. The van der Waals surface area contributed by atoms with Crippen LogP contribution >= 0.6 is 0 Å². The summed E-state index contributed by atoms with van der Waals surface area (Å²) in [5.41, 5.74) is 0. The van der Waals surface area contributed by atoms with Crippen molar-refractivity contribution in [2.45, 2.75) is 45.4 Å². The number of carbonyl (C=O) groups is 1. The van der Waals surface area contributed by atoms with Gasteiger partial charge in [-0.25, -0.2) is 0 Å². The van der Waals surface area contributed by atoms with Gasteiger partial charge in [-0.2, -0.15) is 4.98 Å². The van der Waals surface area contributed by atoms with Gasteiger partial charge in [0, 0.05) is 19.9 Å². The Labute approximate surface area is 113 Å². The number of amides is 1. The summed E-state index contributed by atoms with van der Waals surface area (Å²) in [6.45, 7) is 2.03. The van der Waals surface area contributed by atoms with Gasteiger partial charge in [0.15, 0.2) is 0 Å². The first-order valence-corrected chi connectivity index (χ1v) is 7.35. The standard InChI is InChI=1S/C14H22N4O/c1-3-12-15-14(17-18(12)2)16-13(19)8-11-7-9-4-5-10(11)6-9/h9-11H,3-8H2,1-2H3,(H,16,17,19). The van der Waals surface area contributed by atoms with Gasteiger partial charge in [0.25, 0.3) is 0 Å². The van der Waals surface area contributed by atoms with E-state index in [1.54, 1.807) is 4.68 Å². The number of anilines is 1. The second kappa shape index (κ2) is 4.94. The summed E-state index contributed by atoms with van der Waals surface area (Å²) in [4.78, 5) is 16.4. The predicted octanol–water partition coefficient (Wildman–Crippen LogP) is 2.14. The lowest BCUT2D eigenvalue weighted by molar-refractivity contribution is -0.117. The zero-order chi connectivity index (χ0) is 13.4. The maximum absolute atomic E-state index is 12.1. The van der Waals surface area contributed by atoms with Gasteiger partial charge in [-0.3, -0.25) is 14.8 Å². The Hall–Kier alpha value is -1.39. The first kappa shape index (κ1) is 12.6. The quantitative estimate of drug-likeness (QED) is 0.904. The van der Waals surface area contributed by atoms with Crippen molar-refractivity contribution in [2.75, 3.05) is 5.32 Å². The Morgan fingerprint density at radius 1 is 1.42 bits per heavy atom. The predicted molar refractivity (Wildman–Crippen MR) is 72.6 cm³/mol. The van der Waals surface area contributed by atoms with Crippen molar-refractivity contribution in [3.05, 3.63) is 5.82 Å². The van der Waals surface area contributed by atoms with E-state index in [0.29, 0.717) is 18.3 Å². The van der Waals surface area contributed by atoms with Crippen LogP contribution in [0.2, 0.25) is 0 Å². The molecular formula is C14H22N4O. The molecule has 5 heteroatoms. The minimum Gasteiger partial charge on any atom is -0.293 e. The first-order chi connectivity index (χ1) is 9.15. The number of nitrogens with zero attached hydrogens (tertiary/aromatic N) is 3. The van der Waals surface area contributed by atoms with Gasteiger partial charge in [0.2, 0.25) is 11.9 Å². The average Bonchev–Trinajstić information content (AvgIpc) is 3.04. The fourth-order valence-electron chi connectivity index (χ4n) is 3.82. The Morgan fingerprint density at radius 3 is 2.84 bits per heavy atom. The molecule has 3 atom stereocenters. The van der Waals surface area contributed by atoms with Crippen molar-refractivity contribution >= 4 is 11.9 Å². The summed E-state index contributed by atoms with van der Waals surface area (Å²) in [6.07, 6.45) is 6.76. The second-order valence-corrected chi connectivity index (χ2v) is 6.02. The molecule has 1 amide bonds. The van der Waals surface area contributed by atoms with Gasteiger partial charge in [-0.15, -0.1) is 5.10 Å². The molecule has 0 spiro atoms. The van der Waals surface area contributed by atoms with E-state index in [1.807, 2.05) is 14.0 Å². The van der Waals surface area contributed by atoms with Gasteiger partial charge in [-0.05, 0) is 37.0 Å². The molecule has 1 aromatic heterocycles. The lowest BCUT2D eigenvalue weighted by atomic mass is 9.86. The van der Waals surface area contributed by atoms with Crippen LogP contribution < -0.4 is 5.32 Å². The van der Waals surface area contributed by atoms with Crippen LogP contribution in [-0.4, -0.2) is 20.7 Å². The third-order valence-electron chi connectivity index (χ3n) is 4.75. The fourth-order valence-corrected chi connectivity index (χ4v) is 3.82. The number of aryl methyl sites for hydroxylation is 2. The monoisotopic (exact) mass is 262 g/mol. The molecule has 1 aromatic rings. The normalized spacial score (nSPS) is 28.8. The van der Waals surface area contributed by atoms with Gasteiger partial charge in [0.1, 0.15) is 5.82 Å². The van der Waals surface area contributed by atoms with Crippen LogP contribution in [-0.2, 0) is 18.3 Å². The van der Waals surface area contributed by atoms with Gasteiger partial charge in [-0.1, -0.05) is 13.3 Å². The summed E-state index contributed by atoms with van der Waals surface area (Å²) in [5, 5.41) is 7.06. The topological polar surface area (TPSA) is 59.8 Å². The highest BCUT2D eigenvalue weighted by Gasteiger charge is 2.40. The maximum Gasteiger partial charge on any atom is 0.248 e. The molecular weight excluding hydrogens is 240 g/mol. The molecule has 3 unspecified atom stereocenters. The highest BCUT2D eigenvalue weighted by molar-refractivity contribution is 5.89. The molecule has 2 saturated carbocycles. The van der Waals surface area contributed by atoms with Crippen LogP contribution in [0.3, 0.4) is 0 Å². The molecule has 0 aromatic carbocycles. The highest BCUT2D eigenvalue weighted by atomic mass is 16.1. The van der Waals surface area contributed by atoms with Gasteiger partial charge < -0.3 is 0 Å². The van der Waals surface area contributed by atoms with E-state index in [-0.39, 0.29) is 5.91 Å². The molecule has 1 N–H and O–H groups in total. The van der Waals surface area contributed by atoms with Gasteiger partial charge >= 0.3 is 0 Å². The van der Waals surface area contributed by atoms with Crippen LogP contribution in [0.5, 0.6) is 0 Å². The van der Waals surface area contributed by atoms with Crippen molar-refractivity contribution in [3.63, 3.8) is 0 Å². The number of carbonyl (C=O) groups excluding carboxylic acids is 1. The van der Waals surface area contributed by atoms with E-state index in [1.165, 1.54) is 25.7 Å². The fraction of sp³-hybridized carbons (Fsp3) is 0.786. The Kier molecular flexibility index (Phi) is 3.29. The first-order valence-electron chi connectivity index (χ1n) is 7.35. The maximum atomic E-state index is 12.1. The van der Waals surface area contributed by atoms with E-state index in [4.69, 9.17) is 0 Å². The van der Waals surface area contributed by atoms with Crippen molar-refractivity contribution in [3.8, 4) is 0 Å². The zero-order valence-corrected chi connectivity index (χ0v) is 11.7. The van der Waals surface area contributed by atoms with Crippen LogP contribution in [0.4, 0.5) is 5.95 Å². The molecule has 2 aliphatic carbocycles. The third-order valence-corrected chi connectivity index (χ3v) is 4.75. The number of hydrogen-bond acceptors (Lipinski definition) is 3. The summed E-state index contributed by atoms with van der Waals surface area (Å²) in [5.74, 6) is 3.70. The summed E-state index contributed by atoms with van der Waals surface area (Å²) in [7, 11) is 1.86. The molecule has 104 valence electrons. The van der Waals surface area contributed by atoms with E-state index in [9.17, 15) is 4.79 Å². The van der Waals surface area contributed by atoms with E-state index >= 15 is 0 Å². The SMILES string of the molecule is CCc1nc(NC(=O)CC2CC3CCC2C3)nn1C. The Bertz CT molecular complexity index is 482. The zero-order valence-electron chi connectivity index (χ0n) is 11.7. The molecule has 0 saturated heterocycles. The molecule has 2 aliphatic rings. The average molecular weight is 262 g/mol.